The molecular formula is C20H24ClN5O3. The molecular weight excluding hydrogens is 394 g/mol. The highest BCUT2D eigenvalue weighted by molar-refractivity contribution is 6.09. The lowest BCUT2D eigenvalue weighted by molar-refractivity contribution is 0.0955. The summed E-state index contributed by atoms with van der Waals surface area (Å²) in [6.07, 6.45) is 0. The van der Waals surface area contributed by atoms with Crippen LogP contribution in [-0.2, 0) is 0 Å². The Morgan fingerprint density at radius 2 is 1.83 bits per heavy atom. The third kappa shape index (κ3) is 4.67. The van der Waals surface area contributed by atoms with E-state index in [1.807, 2.05) is 25.3 Å². The topological polar surface area (TPSA) is 115 Å². The Morgan fingerprint density at radius 1 is 1.10 bits per heavy atom. The number of carbonyl (C=O) groups is 2. The van der Waals surface area contributed by atoms with Gasteiger partial charge in [0.25, 0.3) is 11.8 Å². The number of hydrogen-bond donors (Lipinski definition) is 3. The van der Waals surface area contributed by atoms with Crippen LogP contribution in [0.25, 0.3) is 5.82 Å². The van der Waals surface area contributed by atoms with Crippen LogP contribution in [0.1, 0.15) is 37.9 Å². The number of nitrogens with two attached hydrogens (primary N) is 1. The van der Waals surface area contributed by atoms with Crippen LogP contribution in [-0.4, -0.2) is 34.6 Å². The average Bonchev–Trinajstić information content (AvgIpc) is 3.22. The van der Waals surface area contributed by atoms with E-state index in [1.165, 1.54) is 0 Å². The van der Waals surface area contributed by atoms with Crippen LogP contribution in [0.3, 0.4) is 0 Å². The fourth-order valence-corrected chi connectivity index (χ4v) is 3.06. The van der Waals surface area contributed by atoms with E-state index >= 15 is 0 Å². The molecule has 0 aliphatic carbocycles. The summed E-state index contributed by atoms with van der Waals surface area (Å²) in [6, 6.07) is 10.4. The summed E-state index contributed by atoms with van der Waals surface area (Å²) in [5.41, 5.74) is 8.33. The van der Waals surface area contributed by atoms with Gasteiger partial charge >= 0.3 is 0 Å². The smallest absolute Gasteiger partial charge is 0.257 e. The van der Waals surface area contributed by atoms with Gasteiger partial charge in [-0.15, -0.1) is 12.4 Å². The minimum Gasteiger partial charge on any atom is -0.360 e. The zero-order chi connectivity index (χ0) is 20.3. The summed E-state index contributed by atoms with van der Waals surface area (Å²) in [5, 5.41) is 9.57. The number of nitrogens with zero attached hydrogens (tertiary/aromatic N) is 2. The van der Waals surface area contributed by atoms with Crippen molar-refractivity contribution in [1.82, 2.24) is 15.0 Å². The van der Waals surface area contributed by atoms with Crippen molar-refractivity contribution in [3.63, 3.8) is 0 Å². The summed E-state index contributed by atoms with van der Waals surface area (Å²) in [5.74, 6) is 0.711. The molecule has 0 aliphatic rings. The molecule has 0 radical (unpaired) electrons. The zero-order valence-electron chi connectivity index (χ0n) is 16.5. The molecule has 2 amide bonds. The number of hydrogen-bond acceptors (Lipinski definition) is 5. The number of aromatic nitrogens is 2. The molecule has 4 N–H and O–H groups in total. The summed E-state index contributed by atoms with van der Waals surface area (Å²) in [7, 11) is 0. The molecule has 0 saturated carbocycles. The van der Waals surface area contributed by atoms with Crippen LogP contribution in [0, 0.1) is 20.8 Å². The first kappa shape index (κ1) is 22.2. The largest absolute Gasteiger partial charge is 0.360 e. The van der Waals surface area contributed by atoms with Gasteiger partial charge in [0.2, 0.25) is 0 Å². The van der Waals surface area contributed by atoms with E-state index in [4.69, 9.17) is 10.3 Å². The molecule has 0 aliphatic heterocycles. The van der Waals surface area contributed by atoms with Crippen LogP contribution in [0.15, 0.2) is 40.9 Å². The standard InChI is InChI=1S/C20H23N5O3.ClH/c1-12-10-16(14(3)25(12)18-11-13(2)28-24-18)20(27)23-17-7-5-4-6-15(17)19(26)22-9-8-21;/h4-7,10-11H,8-9,21H2,1-3H3,(H,22,26)(H,23,27);1H. The van der Waals surface area contributed by atoms with Gasteiger partial charge in [-0.3, -0.25) is 14.2 Å². The number of amides is 2. The molecule has 0 saturated heterocycles. The first-order valence-corrected chi connectivity index (χ1v) is 8.93. The van der Waals surface area contributed by atoms with Crippen molar-refractivity contribution in [1.29, 1.82) is 0 Å². The fourth-order valence-electron chi connectivity index (χ4n) is 3.06. The van der Waals surface area contributed by atoms with Gasteiger partial charge in [-0.25, -0.2) is 0 Å². The van der Waals surface area contributed by atoms with Crippen molar-refractivity contribution in [3.8, 4) is 5.82 Å². The molecule has 9 heteroatoms. The van der Waals surface area contributed by atoms with E-state index in [2.05, 4.69) is 15.8 Å². The van der Waals surface area contributed by atoms with Crippen molar-refractivity contribution in [2.75, 3.05) is 18.4 Å². The highest BCUT2D eigenvalue weighted by Crippen LogP contribution is 2.23. The minimum atomic E-state index is -0.307. The number of anilines is 1. The summed E-state index contributed by atoms with van der Waals surface area (Å²) < 4.78 is 7.00. The van der Waals surface area contributed by atoms with E-state index in [-0.39, 0.29) is 24.2 Å². The van der Waals surface area contributed by atoms with Crippen molar-refractivity contribution in [3.05, 3.63) is 64.7 Å². The third-order valence-corrected chi connectivity index (χ3v) is 4.37. The maximum absolute atomic E-state index is 12.9. The number of para-hydroxylation sites is 1. The molecule has 0 spiro atoms. The molecule has 3 aromatic rings. The van der Waals surface area contributed by atoms with Gasteiger partial charge in [0.1, 0.15) is 5.76 Å². The molecule has 2 heterocycles. The average molecular weight is 418 g/mol. The molecule has 154 valence electrons. The summed E-state index contributed by atoms with van der Waals surface area (Å²) in [4.78, 5) is 25.2. The van der Waals surface area contributed by atoms with Crippen molar-refractivity contribution < 1.29 is 14.1 Å². The lowest BCUT2D eigenvalue weighted by Crippen LogP contribution is -2.30. The van der Waals surface area contributed by atoms with Gasteiger partial charge in [0.05, 0.1) is 16.8 Å². The molecule has 0 atom stereocenters. The van der Waals surface area contributed by atoms with E-state index in [0.717, 1.165) is 11.4 Å². The quantitative estimate of drug-likeness (QED) is 0.570. The van der Waals surface area contributed by atoms with Gasteiger partial charge in [-0.05, 0) is 39.0 Å². The molecule has 0 fully saturated rings. The van der Waals surface area contributed by atoms with Crippen molar-refractivity contribution in [2.45, 2.75) is 20.8 Å². The van der Waals surface area contributed by atoms with Crippen LogP contribution in [0.4, 0.5) is 5.69 Å². The SMILES string of the molecule is Cc1cc(-n2c(C)cc(C(=O)Nc3ccccc3C(=O)NCCN)c2C)no1.Cl. The predicted octanol–water partition coefficient (Wildman–Crippen LogP) is 2.75. The fraction of sp³-hybridized carbons (Fsp3) is 0.250. The molecule has 8 nitrogen and oxygen atoms in total. The Balaban J connectivity index is 0.00000300. The maximum atomic E-state index is 12.9. The van der Waals surface area contributed by atoms with Crippen LogP contribution in [0.5, 0.6) is 0 Å². The first-order chi connectivity index (χ1) is 13.4. The Hall–Kier alpha value is -3.10. The Labute approximate surface area is 174 Å². The molecule has 2 aromatic heterocycles. The molecule has 0 unspecified atom stereocenters. The van der Waals surface area contributed by atoms with Crippen LogP contribution < -0.4 is 16.4 Å². The van der Waals surface area contributed by atoms with Gasteiger partial charge in [-0.1, -0.05) is 17.3 Å². The Morgan fingerprint density at radius 3 is 2.48 bits per heavy atom. The first-order valence-electron chi connectivity index (χ1n) is 8.93. The summed E-state index contributed by atoms with van der Waals surface area (Å²) >= 11 is 0. The number of benzene rings is 1. The lowest BCUT2D eigenvalue weighted by Gasteiger charge is -2.11. The number of halogens is 1. The van der Waals surface area contributed by atoms with Crippen molar-refractivity contribution >= 4 is 29.9 Å². The highest BCUT2D eigenvalue weighted by Gasteiger charge is 2.20. The monoisotopic (exact) mass is 417 g/mol. The molecule has 29 heavy (non-hydrogen) atoms. The second kappa shape index (κ2) is 9.40. The maximum Gasteiger partial charge on any atom is 0.257 e. The normalized spacial score (nSPS) is 10.3. The van der Waals surface area contributed by atoms with Gasteiger partial charge in [0.15, 0.2) is 5.82 Å². The van der Waals surface area contributed by atoms with E-state index in [0.29, 0.717) is 41.5 Å². The van der Waals surface area contributed by atoms with E-state index < -0.39 is 0 Å². The minimum absolute atomic E-state index is 0. The summed E-state index contributed by atoms with van der Waals surface area (Å²) in [6.45, 7) is 6.24. The van der Waals surface area contributed by atoms with Gasteiger partial charge in [0, 0.05) is 30.5 Å². The lowest BCUT2D eigenvalue weighted by atomic mass is 10.1. The van der Waals surface area contributed by atoms with Crippen molar-refractivity contribution in [2.24, 2.45) is 5.73 Å². The molecule has 3 rings (SSSR count). The van der Waals surface area contributed by atoms with E-state index in [9.17, 15) is 9.59 Å². The molecule has 1 aromatic carbocycles. The third-order valence-electron chi connectivity index (χ3n) is 4.37. The number of carbonyl (C=O) groups excluding carboxylic acids is 2. The Bertz CT molecular complexity index is 1030. The van der Waals surface area contributed by atoms with Gasteiger partial charge in [-0.2, -0.15) is 0 Å². The van der Waals surface area contributed by atoms with Crippen LogP contribution in [0.2, 0.25) is 0 Å². The van der Waals surface area contributed by atoms with E-state index in [1.54, 1.807) is 36.4 Å². The second-order valence-corrected chi connectivity index (χ2v) is 6.46. The van der Waals surface area contributed by atoms with Gasteiger partial charge < -0.3 is 20.9 Å². The Kier molecular flexibility index (Phi) is 7.19. The zero-order valence-corrected chi connectivity index (χ0v) is 17.3. The second-order valence-electron chi connectivity index (χ2n) is 6.46. The highest BCUT2D eigenvalue weighted by atomic mass is 35.5. The predicted molar refractivity (Wildman–Crippen MR) is 113 cm³/mol. The number of rotatable bonds is 6. The number of aryl methyl sites for hydroxylation is 2. The number of nitrogens with one attached hydrogen (secondary N) is 2. The molecule has 0 bridgehead atoms. The van der Waals surface area contributed by atoms with Crippen LogP contribution >= 0.6 is 12.4 Å².